The SMILES string of the molecule is C=CCC(=S)NCc1ccccc1. The summed E-state index contributed by atoms with van der Waals surface area (Å²) in [5.74, 6) is 0. The molecular formula is C11H13NS. The van der Waals surface area contributed by atoms with E-state index in [0.29, 0.717) is 0 Å². The third-order valence-electron chi connectivity index (χ3n) is 1.66. The Morgan fingerprint density at radius 1 is 1.38 bits per heavy atom. The van der Waals surface area contributed by atoms with Crippen LogP contribution in [0.25, 0.3) is 0 Å². The van der Waals surface area contributed by atoms with Gasteiger partial charge in [-0.1, -0.05) is 48.6 Å². The maximum Gasteiger partial charge on any atom is 0.0794 e. The van der Waals surface area contributed by atoms with Gasteiger partial charge in [-0.15, -0.1) is 6.58 Å². The fourth-order valence-electron chi connectivity index (χ4n) is 1.000. The zero-order valence-corrected chi connectivity index (χ0v) is 8.31. The number of hydrogen-bond acceptors (Lipinski definition) is 1. The fourth-order valence-corrected chi connectivity index (χ4v) is 1.19. The molecule has 0 aliphatic rings. The lowest BCUT2D eigenvalue weighted by Gasteiger charge is -2.05. The molecule has 0 saturated carbocycles. The summed E-state index contributed by atoms with van der Waals surface area (Å²) in [6.07, 6.45) is 2.56. The van der Waals surface area contributed by atoms with E-state index in [1.807, 2.05) is 18.2 Å². The van der Waals surface area contributed by atoms with E-state index in [2.05, 4.69) is 24.0 Å². The molecule has 13 heavy (non-hydrogen) atoms. The molecule has 0 saturated heterocycles. The van der Waals surface area contributed by atoms with Gasteiger partial charge in [0.05, 0.1) is 4.99 Å². The number of hydrogen-bond donors (Lipinski definition) is 1. The minimum Gasteiger partial charge on any atom is -0.375 e. The van der Waals surface area contributed by atoms with Crippen molar-refractivity contribution >= 4 is 17.2 Å². The number of rotatable bonds is 4. The van der Waals surface area contributed by atoms with E-state index in [1.165, 1.54) is 5.56 Å². The van der Waals surface area contributed by atoms with E-state index in [4.69, 9.17) is 12.2 Å². The first-order valence-corrected chi connectivity index (χ1v) is 4.65. The summed E-state index contributed by atoms with van der Waals surface area (Å²) in [6, 6.07) is 10.2. The van der Waals surface area contributed by atoms with Gasteiger partial charge in [-0.25, -0.2) is 0 Å². The maximum atomic E-state index is 5.07. The van der Waals surface area contributed by atoms with Gasteiger partial charge < -0.3 is 5.32 Å². The second-order valence-electron chi connectivity index (χ2n) is 2.76. The molecular weight excluding hydrogens is 178 g/mol. The number of thiocarbonyl (C=S) groups is 1. The van der Waals surface area contributed by atoms with Gasteiger partial charge in [0.2, 0.25) is 0 Å². The highest BCUT2D eigenvalue weighted by Crippen LogP contribution is 1.97. The molecule has 1 aromatic rings. The summed E-state index contributed by atoms with van der Waals surface area (Å²) >= 11 is 5.07. The van der Waals surface area contributed by atoms with Crippen molar-refractivity contribution in [1.29, 1.82) is 0 Å². The van der Waals surface area contributed by atoms with Crippen LogP contribution < -0.4 is 5.32 Å². The summed E-state index contributed by atoms with van der Waals surface area (Å²) < 4.78 is 0. The highest BCUT2D eigenvalue weighted by molar-refractivity contribution is 7.80. The lowest BCUT2D eigenvalue weighted by Crippen LogP contribution is -2.19. The van der Waals surface area contributed by atoms with Crippen LogP contribution >= 0.6 is 12.2 Å². The highest BCUT2D eigenvalue weighted by atomic mass is 32.1. The van der Waals surface area contributed by atoms with Crippen molar-refractivity contribution in [2.75, 3.05) is 0 Å². The Hall–Kier alpha value is -1.15. The minimum absolute atomic E-state index is 0.752. The third kappa shape index (κ3) is 3.85. The van der Waals surface area contributed by atoms with Crippen LogP contribution in [0.1, 0.15) is 12.0 Å². The minimum atomic E-state index is 0.752. The van der Waals surface area contributed by atoms with Crippen LogP contribution in [-0.4, -0.2) is 4.99 Å². The molecule has 0 unspecified atom stereocenters. The molecule has 0 radical (unpaired) electrons. The molecule has 0 aliphatic heterocycles. The molecule has 0 bridgehead atoms. The Kier molecular flexibility index (Phi) is 4.19. The van der Waals surface area contributed by atoms with Crippen molar-refractivity contribution in [3.8, 4) is 0 Å². The van der Waals surface area contributed by atoms with E-state index in [0.717, 1.165) is 18.0 Å². The van der Waals surface area contributed by atoms with Gasteiger partial charge in [-0.05, 0) is 5.56 Å². The monoisotopic (exact) mass is 191 g/mol. The van der Waals surface area contributed by atoms with Gasteiger partial charge in [-0.3, -0.25) is 0 Å². The Bertz CT molecular complexity index is 279. The lowest BCUT2D eigenvalue weighted by atomic mass is 10.2. The largest absolute Gasteiger partial charge is 0.375 e. The van der Waals surface area contributed by atoms with E-state index in [-0.39, 0.29) is 0 Å². The summed E-state index contributed by atoms with van der Waals surface area (Å²) in [5.41, 5.74) is 1.24. The van der Waals surface area contributed by atoms with Crippen LogP contribution in [0.3, 0.4) is 0 Å². The predicted octanol–water partition coefficient (Wildman–Crippen LogP) is 2.68. The van der Waals surface area contributed by atoms with Crippen LogP contribution in [0.2, 0.25) is 0 Å². The molecule has 1 N–H and O–H groups in total. The van der Waals surface area contributed by atoms with Crippen molar-refractivity contribution in [3.05, 3.63) is 48.6 Å². The van der Waals surface area contributed by atoms with E-state index < -0.39 is 0 Å². The summed E-state index contributed by atoms with van der Waals surface area (Å²) in [6.45, 7) is 4.43. The Balaban J connectivity index is 2.35. The smallest absolute Gasteiger partial charge is 0.0794 e. The highest BCUT2D eigenvalue weighted by Gasteiger charge is 1.93. The molecule has 1 aromatic carbocycles. The summed E-state index contributed by atoms with van der Waals surface area (Å²) in [4.78, 5) is 0.846. The van der Waals surface area contributed by atoms with E-state index >= 15 is 0 Å². The Morgan fingerprint density at radius 2 is 2.08 bits per heavy atom. The molecule has 0 heterocycles. The second kappa shape index (κ2) is 5.49. The van der Waals surface area contributed by atoms with Crippen LogP contribution in [0, 0.1) is 0 Å². The molecule has 2 heteroatoms. The predicted molar refractivity (Wildman–Crippen MR) is 60.7 cm³/mol. The average molecular weight is 191 g/mol. The van der Waals surface area contributed by atoms with Crippen molar-refractivity contribution in [2.24, 2.45) is 0 Å². The van der Waals surface area contributed by atoms with Crippen molar-refractivity contribution in [3.63, 3.8) is 0 Å². The molecule has 0 aromatic heterocycles. The maximum absolute atomic E-state index is 5.07. The standard InChI is InChI=1S/C11H13NS/c1-2-6-11(13)12-9-10-7-4-3-5-8-10/h2-5,7-8H,1,6,9H2,(H,12,13). The first-order chi connectivity index (χ1) is 6.33. The van der Waals surface area contributed by atoms with Crippen LogP contribution in [0.15, 0.2) is 43.0 Å². The Labute approximate surface area is 84.5 Å². The third-order valence-corrected chi connectivity index (χ3v) is 1.97. The molecule has 0 aliphatic carbocycles. The van der Waals surface area contributed by atoms with Gasteiger partial charge in [-0.2, -0.15) is 0 Å². The summed E-state index contributed by atoms with van der Waals surface area (Å²) in [7, 11) is 0. The zero-order valence-electron chi connectivity index (χ0n) is 7.49. The van der Waals surface area contributed by atoms with E-state index in [9.17, 15) is 0 Å². The average Bonchev–Trinajstić information content (AvgIpc) is 2.17. The normalized spacial score (nSPS) is 9.23. The van der Waals surface area contributed by atoms with Crippen molar-refractivity contribution < 1.29 is 0 Å². The van der Waals surface area contributed by atoms with Crippen LogP contribution in [-0.2, 0) is 6.54 Å². The van der Waals surface area contributed by atoms with Crippen LogP contribution in [0.5, 0.6) is 0 Å². The number of nitrogens with one attached hydrogen (secondary N) is 1. The molecule has 1 nitrogen and oxygen atoms in total. The van der Waals surface area contributed by atoms with Gasteiger partial charge in [0, 0.05) is 13.0 Å². The topological polar surface area (TPSA) is 12.0 Å². The van der Waals surface area contributed by atoms with E-state index in [1.54, 1.807) is 6.08 Å². The van der Waals surface area contributed by atoms with Crippen LogP contribution in [0.4, 0.5) is 0 Å². The number of benzene rings is 1. The summed E-state index contributed by atoms with van der Waals surface area (Å²) in [5, 5.41) is 3.16. The van der Waals surface area contributed by atoms with Crippen molar-refractivity contribution in [1.82, 2.24) is 5.32 Å². The van der Waals surface area contributed by atoms with Crippen molar-refractivity contribution in [2.45, 2.75) is 13.0 Å². The lowest BCUT2D eigenvalue weighted by molar-refractivity contribution is 0.916. The zero-order chi connectivity index (χ0) is 9.52. The van der Waals surface area contributed by atoms with Gasteiger partial charge in [0.15, 0.2) is 0 Å². The van der Waals surface area contributed by atoms with Gasteiger partial charge >= 0.3 is 0 Å². The molecule has 0 amide bonds. The second-order valence-corrected chi connectivity index (χ2v) is 3.25. The Morgan fingerprint density at radius 3 is 2.69 bits per heavy atom. The molecule has 0 fully saturated rings. The molecule has 68 valence electrons. The first kappa shape index (κ1) is 9.93. The molecule has 0 spiro atoms. The van der Waals surface area contributed by atoms with Gasteiger partial charge in [0.25, 0.3) is 0 Å². The van der Waals surface area contributed by atoms with Gasteiger partial charge in [0.1, 0.15) is 0 Å². The fraction of sp³-hybridized carbons (Fsp3) is 0.182. The quantitative estimate of drug-likeness (QED) is 0.580. The molecule has 0 atom stereocenters. The molecule has 1 rings (SSSR count). The first-order valence-electron chi connectivity index (χ1n) is 4.24.